The molecule has 0 spiro atoms. The third-order valence-corrected chi connectivity index (χ3v) is 15.9. The van der Waals surface area contributed by atoms with Gasteiger partial charge in [0.05, 0.1) is 0 Å². The van der Waals surface area contributed by atoms with Crippen LogP contribution in [0.2, 0.25) is 0 Å². The monoisotopic (exact) mass is 514 g/mol. The summed E-state index contributed by atoms with van der Waals surface area (Å²) in [4.78, 5) is 0. The molecule has 0 N–H and O–H groups in total. The van der Waals surface area contributed by atoms with Gasteiger partial charge in [-0.05, 0) is 0 Å². The molecule has 0 aliphatic heterocycles. The van der Waals surface area contributed by atoms with Gasteiger partial charge in [0.1, 0.15) is 0 Å². The Morgan fingerprint density at radius 3 is 1.44 bits per heavy atom. The van der Waals surface area contributed by atoms with Crippen molar-refractivity contribution in [1.29, 1.82) is 0 Å². The maximum absolute atomic E-state index is 13.3. The van der Waals surface area contributed by atoms with Gasteiger partial charge in [-0.15, -0.1) is 0 Å². The first kappa shape index (κ1) is 22.8. The molecule has 32 heavy (non-hydrogen) atoms. The predicted octanol–water partition coefficient (Wildman–Crippen LogP) is 7.09. The molecule has 0 aliphatic rings. The Balaban J connectivity index is 1.91. The van der Waals surface area contributed by atoms with Crippen molar-refractivity contribution < 1.29 is 13.2 Å². The minimum absolute atomic E-state index is 0.506. The van der Waals surface area contributed by atoms with E-state index in [-0.39, 0.29) is 0 Å². The van der Waals surface area contributed by atoms with Crippen LogP contribution in [0, 0.1) is 0 Å². The predicted molar refractivity (Wildman–Crippen MR) is 134 cm³/mol. The molecule has 0 aromatic heterocycles. The molecule has 0 saturated carbocycles. The molecule has 0 saturated heterocycles. The number of alkyl halides is 3. The van der Waals surface area contributed by atoms with Crippen LogP contribution in [0.25, 0.3) is 0 Å². The number of aryl methyl sites for hydroxylation is 1. The molecular weight excluding hydrogens is 492 g/mol. The molecule has 0 bridgehead atoms. The second kappa shape index (κ2) is 8.84. The molecule has 164 valence electrons. The molecule has 0 nitrogen and oxygen atoms in total. The summed E-state index contributed by atoms with van der Waals surface area (Å²) in [7, 11) is 0. The van der Waals surface area contributed by atoms with Gasteiger partial charge in [0.2, 0.25) is 0 Å². The Kier molecular flexibility index (Phi) is 6.29. The van der Waals surface area contributed by atoms with Gasteiger partial charge in [0, 0.05) is 0 Å². The molecule has 0 heterocycles. The van der Waals surface area contributed by atoms with Crippen LogP contribution in [0.4, 0.5) is 13.2 Å². The summed E-state index contributed by atoms with van der Waals surface area (Å²) in [6, 6.07) is 36.5. The summed E-state index contributed by atoms with van der Waals surface area (Å²) in [5.41, 5.74) is 0.0695. The van der Waals surface area contributed by atoms with E-state index in [1.54, 1.807) is 6.07 Å². The first-order chi connectivity index (χ1) is 15.3. The Morgan fingerprint density at radius 1 is 0.594 bits per heavy atom. The van der Waals surface area contributed by atoms with Crippen LogP contribution in [0.15, 0.2) is 115 Å². The Morgan fingerprint density at radius 2 is 1.03 bits per heavy atom. The summed E-state index contributed by atoms with van der Waals surface area (Å²) in [6.07, 6.45) is -3.19. The number of rotatable bonds is 6. The summed E-state index contributed by atoms with van der Waals surface area (Å²) in [6.45, 7) is 0. The molecule has 0 aliphatic carbocycles. The van der Waals surface area contributed by atoms with E-state index in [9.17, 15) is 13.2 Å². The fraction of sp³-hybridized carbons (Fsp3) is 0.111. The van der Waals surface area contributed by atoms with E-state index in [2.05, 4.69) is 51.9 Å². The summed E-state index contributed by atoms with van der Waals surface area (Å²) in [5.74, 6) is 0. The van der Waals surface area contributed by atoms with Gasteiger partial charge in [-0.3, -0.25) is 0 Å². The topological polar surface area (TPSA) is 0 Å². The molecule has 0 fully saturated rings. The van der Waals surface area contributed by atoms with Crippen LogP contribution in [0.3, 0.4) is 0 Å². The first-order valence-corrected chi connectivity index (χ1v) is 14.8. The molecule has 5 heteroatoms. The molecule has 4 aromatic carbocycles. The van der Waals surface area contributed by atoms with Gasteiger partial charge in [0.25, 0.3) is 0 Å². The Hall–Kier alpha value is -2.42. The fourth-order valence-corrected chi connectivity index (χ4v) is 11.7. The van der Waals surface area contributed by atoms with Crippen molar-refractivity contribution >= 4 is 36.7 Å². The van der Waals surface area contributed by atoms with Gasteiger partial charge in [0.15, 0.2) is 0 Å². The zero-order valence-electron chi connectivity index (χ0n) is 17.3. The fourth-order valence-electron chi connectivity index (χ4n) is 4.29. The number of halogens is 4. The van der Waals surface area contributed by atoms with Crippen LogP contribution >= 0.6 is 20.8 Å². The molecule has 4 rings (SSSR count). The third kappa shape index (κ3) is 4.14. The SMILES string of the molecule is FC(F)(F)c1cccc(CCP(Br)(c2ccccc2)(c2ccccc2)c2ccccc2)c1. The van der Waals surface area contributed by atoms with Crippen LogP contribution in [0.5, 0.6) is 0 Å². The zero-order valence-corrected chi connectivity index (χ0v) is 19.8. The molecule has 0 atom stereocenters. The quantitative estimate of drug-likeness (QED) is 0.241. The average Bonchev–Trinajstić information content (AvgIpc) is 2.84. The normalized spacial score (nSPS) is 13.3. The van der Waals surface area contributed by atoms with E-state index in [1.165, 1.54) is 12.1 Å². The van der Waals surface area contributed by atoms with Gasteiger partial charge >= 0.3 is 195 Å². The third-order valence-electron chi connectivity index (χ3n) is 5.96. The minimum atomic E-state index is -4.35. The molecule has 0 amide bonds. The van der Waals surface area contributed by atoms with Crippen LogP contribution in [-0.4, -0.2) is 6.16 Å². The molecular formula is C27H23BrF3P. The summed E-state index contributed by atoms with van der Waals surface area (Å²) >= 11 is 4.34. The van der Waals surface area contributed by atoms with Crippen LogP contribution in [-0.2, 0) is 12.6 Å². The first-order valence-electron chi connectivity index (χ1n) is 10.4. The average molecular weight is 515 g/mol. The van der Waals surface area contributed by atoms with Crippen molar-refractivity contribution in [2.45, 2.75) is 12.6 Å². The molecule has 4 aromatic rings. The van der Waals surface area contributed by atoms with Crippen LogP contribution < -0.4 is 15.9 Å². The van der Waals surface area contributed by atoms with Crippen molar-refractivity contribution in [3.8, 4) is 0 Å². The van der Waals surface area contributed by atoms with E-state index in [4.69, 9.17) is 0 Å². The summed E-state index contributed by atoms with van der Waals surface area (Å²) in [5, 5.41) is 0.311. The maximum atomic E-state index is 13.3. The second-order valence-electron chi connectivity index (χ2n) is 7.86. The van der Waals surface area contributed by atoms with E-state index >= 15 is 0 Å². The van der Waals surface area contributed by atoms with Gasteiger partial charge in [-0.25, -0.2) is 0 Å². The van der Waals surface area contributed by atoms with Crippen molar-refractivity contribution in [1.82, 2.24) is 0 Å². The Labute approximate surface area is 194 Å². The van der Waals surface area contributed by atoms with Gasteiger partial charge < -0.3 is 0 Å². The standard InChI is InChI=1S/C27H23BrF3P/c28-32(24-13-4-1-5-14-24,25-15-6-2-7-16-25,26-17-8-3-9-18-26)20-19-22-11-10-12-23(21-22)27(29,30)31/h1-18,21H,19-20H2. The number of benzene rings is 4. The summed E-state index contributed by atoms with van der Waals surface area (Å²) < 4.78 is 39.9. The van der Waals surface area contributed by atoms with Crippen LogP contribution in [0.1, 0.15) is 11.1 Å². The van der Waals surface area contributed by atoms with Gasteiger partial charge in [-0.2, -0.15) is 0 Å². The number of hydrogen-bond donors (Lipinski definition) is 0. The van der Waals surface area contributed by atoms with E-state index in [0.29, 0.717) is 18.1 Å². The van der Waals surface area contributed by atoms with E-state index in [0.717, 1.165) is 22.0 Å². The van der Waals surface area contributed by atoms with Crippen molar-refractivity contribution in [3.63, 3.8) is 0 Å². The van der Waals surface area contributed by atoms with E-state index < -0.39 is 17.0 Å². The molecule has 0 unspecified atom stereocenters. The number of hydrogen-bond acceptors (Lipinski definition) is 0. The van der Waals surface area contributed by atoms with Crippen molar-refractivity contribution in [2.75, 3.05) is 6.16 Å². The Bertz CT molecular complexity index is 1080. The van der Waals surface area contributed by atoms with E-state index in [1.807, 2.05) is 54.6 Å². The van der Waals surface area contributed by atoms with Crippen molar-refractivity contribution in [3.05, 3.63) is 126 Å². The van der Waals surface area contributed by atoms with Crippen molar-refractivity contribution in [2.24, 2.45) is 0 Å². The van der Waals surface area contributed by atoms with Gasteiger partial charge in [-0.1, -0.05) is 0 Å². The zero-order chi connectivity index (χ0) is 22.7. The second-order valence-corrected chi connectivity index (χ2v) is 16.9. The molecule has 0 radical (unpaired) electrons.